The Hall–Kier alpha value is -1.58. The summed E-state index contributed by atoms with van der Waals surface area (Å²) < 4.78 is 0. The minimum Gasteiger partial charge on any atom is -0.385 e. The van der Waals surface area contributed by atoms with E-state index in [2.05, 4.69) is 26.1 Å². The number of hydrogen-bond acceptors (Lipinski definition) is 3. The van der Waals surface area contributed by atoms with E-state index in [1.807, 2.05) is 0 Å². The van der Waals surface area contributed by atoms with Crippen LogP contribution in [0.2, 0.25) is 0 Å². The standard InChI is InChI=1S/C11H16N2O2/c1-11(2,3)8-12-9-4-6-10(7-5-9)13(14)15/h4-7,12H,8H2,1-3H3. The first-order valence-corrected chi connectivity index (χ1v) is 4.87. The highest BCUT2D eigenvalue weighted by Gasteiger charge is 2.10. The molecular formula is C11H16N2O2. The molecule has 1 aromatic carbocycles. The Labute approximate surface area is 89.5 Å². The van der Waals surface area contributed by atoms with Crippen LogP contribution in [0, 0.1) is 15.5 Å². The summed E-state index contributed by atoms with van der Waals surface area (Å²) in [5.74, 6) is 0. The highest BCUT2D eigenvalue weighted by atomic mass is 16.6. The van der Waals surface area contributed by atoms with Crippen LogP contribution >= 0.6 is 0 Å². The average molecular weight is 208 g/mol. The van der Waals surface area contributed by atoms with Gasteiger partial charge in [-0.1, -0.05) is 20.8 Å². The maximum Gasteiger partial charge on any atom is 0.269 e. The van der Waals surface area contributed by atoms with Crippen LogP contribution in [-0.2, 0) is 0 Å². The Kier molecular flexibility index (Phi) is 3.29. The van der Waals surface area contributed by atoms with Gasteiger partial charge in [0.1, 0.15) is 0 Å². The normalized spacial score (nSPS) is 11.1. The van der Waals surface area contributed by atoms with Crippen molar-refractivity contribution in [2.45, 2.75) is 20.8 Å². The molecule has 0 heterocycles. The van der Waals surface area contributed by atoms with Crippen molar-refractivity contribution in [1.82, 2.24) is 0 Å². The Morgan fingerprint density at radius 2 is 1.80 bits per heavy atom. The molecule has 4 heteroatoms. The van der Waals surface area contributed by atoms with Crippen molar-refractivity contribution in [3.05, 3.63) is 34.4 Å². The summed E-state index contributed by atoms with van der Waals surface area (Å²) in [5.41, 5.74) is 1.23. The van der Waals surface area contributed by atoms with Gasteiger partial charge in [0, 0.05) is 24.4 Å². The lowest BCUT2D eigenvalue weighted by Crippen LogP contribution is -2.18. The highest BCUT2D eigenvalue weighted by molar-refractivity contribution is 5.48. The predicted octanol–water partition coefficient (Wildman–Crippen LogP) is 3.05. The summed E-state index contributed by atoms with van der Waals surface area (Å²) in [6, 6.07) is 6.46. The fourth-order valence-corrected chi connectivity index (χ4v) is 1.07. The van der Waals surface area contributed by atoms with Gasteiger partial charge in [-0.25, -0.2) is 0 Å². The molecule has 0 unspecified atom stereocenters. The zero-order chi connectivity index (χ0) is 11.5. The second-order valence-corrected chi connectivity index (χ2v) is 4.72. The van der Waals surface area contributed by atoms with Crippen LogP contribution in [0.3, 0.4) is 0 Å². The van der Waals surface area contributed by atoms with Crippen LogP contribution in [0.5, 0.6) is 0 Å². The van der Waals surface area contributed by atoms with E-state index in [1.165, 1.54) is 12.1 Å². The topological polar surface area (TPSA) is 55.2 Å². The van der Waals surface area contributed by atoms with Crippen molar-refractivity contribution >= 4 is 11.4 Å². The fourth-order valence-electron chi connectivity index (χ4n) is 1.07. The van der Waals surface area contributed by atoms with Crippen LogP contribution in [0.1, 0.15) is 20.8 Å². The van der Waals surface area contributed by atoms with Crippen LogP contribution in [0.4, 0.5) is 11.4 Å². The molecule has 0 bridgehead atoms. The van der Waals surface area contributed by atoms with Crippen molar-refractivity contribution in [3.8, 4) is 0 Å². The van der Waals surface area contributed by atoms with E-state index in [1.54, 1.807) is 12.1 Å². The van der Waals surface area contributed by atoms with Crippen LogP contribution in [0.25, 0.3) is 0 Å². The van der Waals surface area contributed by atoms with Crippen molar-refractivity contribution in [2.24, 2.45) is 5.41 Å². The van der Waals surface area contributed by atoms with Gasteiger partial charge in [-0.3, -0.25) is 10.1 Å². The summed E-state index contributed by atoms with van der Waals surface area (Å²) >= 11 is 0. The molecule has 0 atom stereocenters. The summed E-state index contributed by atoms with van der Waals surface area (Å²) in [5, 5.41) is 13.6. The Balaban J connectivity index is 2.61. The van der Waals surface area contributed by atoms with Gasteiger partial charge >= 0.3 is 0 Å². The highest BCUT2D eigenvalue weighted by Crippen LogP contribution is 2.18. The molecule has 1 aromatic rings. The predicted molar refractivity (Wildman–Crippen MR) is 61.0 cm³/mol. The first kappa shape index (κ1) is 11.5. The average Bonchev–Trinajstić information content (AvgIpc) is 2.14. The summed E-state index contributed by atoms with van der Waals surface area (Å²) in [4.78, 5) is 10.0. The quantitative estimate of drug-likeness (QED) is 0.613. The van der Waals surface area contributed by atoms with E-state index in [9.17, 15) is 10.1 Å². The number of nitrogens with one attached hydrogen (secondary N) is 1. The maximum atomic E-state index is 10.4. The van der Waals surface area contributed by atoms with Gasteiger partial charge < -0.3 is 5.32 Å². The van der Waals surface area contributed by atoms with Gasteiger partial charge in [0.15, 0.2) is 0 Å². The maximum absolute atomic E-state index is 10.4. The molecule has 4 nitrogen and oxygen atoms in total. The fraction of sp³-hybridized carbons (Fsp3) is 0.455. The summed E-state index contributed by atoms with van der Waals surface area (Å²) in [6.07, 6.45) is 0. The summed E-state index contributed by atoms with van der Waals surface area (Å²) in [6.45, 7) is 7.23. The number of nitro groups is 1. The van der Waals surface area contributed by atoms with Gasteiger partial charge in [0.25, 0.3) is 5.69 Å². The molecule has 1 N–H and O–H groups in total. The van der Waals surface area contributed by atoms with Gasteiger partial charge in [-0.15, -0.1) is 0 Å². The number of non-ortho nitro benzene ring substituents is 1. The molecule has 0 fully saturated rings. The Morgan fingerprint density at radius 3 is 2.20 bits per heavy atom. The van der Waals surface area contributed by atoms with E-state index in [-0.39, 0.29) is 11.1 Å². The van der Waals surface area contributed by atoms with Crippen LogP contribution < -0.4 is 5.32 Å². The third-order valence-electron chi connectivity index (χ3n) is 1.90. The minimum absolute atomic E-state index is 0.122. The molecule has 0 saturated carbocycles. The molecule has 82 valence electrons. The van der Waals surface area contributed by atoms with Gasteiger partial charge in [0.05, 0.1) is 4.92 Å². The lowest BCUT2D eigenvalue weighted by molar-refractivity contribution is -0.384. The minimum atomic E-state index is -0.395. The molecule has 0 amide bonds. The van der Waals surface area contributed by atoms with E-state index in [0.29, 0.717) is 0 Å². The number of rotatable bonds is 3. The van der Waals surface area contributed by atoms with Gasteiger partial charge in [-0.05, 0) is 17.5 Å². The van der Waals surface area contributed by atoms with E-state index < -0.39 is 4.92 Å². The zero-order valence-corrected chi connectivity index (χ0v) is 9.28. The van der Waals surface area contributed by atoms with Crippen molar-refractivity contribution in [2.75, 3.05) is 11.9 Å². The van der Waals surface area contributed by atoms with E-state index >= 15 is 0 Å². The smallest absolute Gasteiger partial charge is 0.269 e. The Bertz CT molecular complexity index is 339. The van der Waals surface area contributed by atoms with Crippen molar-refractivity contribution in [3.63, 3.8) is 0 Å². The molecule has 0 aliphatic carbocycles. The first-order chi connectivity index (χ1) is 6.88. The molecule has 0 aliphatic rings. The Morgan fingerprint density at radius 1 is 1.27 bits per heavy atom. The number of anilines is 1. The second-order valence-electron chi connectivity index (χ2n) is 4.72. The van der Waals surface area contributed by atoms with E-state index in [4.69, 9.17) is 0 Å². The molecule has 1 rings (SSSR count). The number of nitrogens with zero attached hydrogens (tertiary/aromatic N) is 1. The van der Waals surface area contributed by atoms with Gasteiger partial charge in [-0.2, -0.15) is 0 Å². The molecule has 0 aliphatic heterocycles. The molecular weight excluding hydrogens is 192 g/mol. The zero-order valence-electron chi connectivity index (χ0n) is 9.28. The first-order valence-electron chi connectivity index (χ1n) is 4.87. The number of hydrogen-bond donors (Lipinski definition) is 1. The monoisotopic (exact) mass is 208 g/mol. The SMILES string of the molecule is CC(C)(C)CNc1ccc([N+](=O)[O-])cc1. The third kappa shape index (κ3) is 3.97. The molecule has 0 spiro atoms. The number of benzene rings is 1. The van der Waals surface area contributed by atoms with Crippen LogP contribution in [-0.4, -0.2) is 11.5 Å². The molecule has 15 heavy (non-hydrogen) atoms. The lowest BCUT2D eigenvalue weighted by Gasteiger charge is -2.19. The summed E-state index contributed by atoms with van der Waals surface area (Å²) in [7, 11) is 0. The third-order valence-corrected chi connectivity index (χ3v) is 1.90. The molecule has 0 radical (unpaired) electrons. The second kappa shape index (κ2) is 4.29. The molecule has 0 saturated heterocycles. The number of nitro benzene ring substituents is 1. The van der Waals surface area contributed by atoms with E-state index in [0.717, 1.165) is 12.2 Å². The largest absolute Gasteiger partial charge is 0.385 e. The van der Waals surface area contributed by atoms with Crippen LogP contribution in [0.15, 0.2) is 24.3 Å². The lowest BCUT2D eigenvalue weighted by atomic mass is 9.97. The van der Waals surface area contributed by atoms with Crippen molar-refractivity contribution < 1.29 is 4.92 Å². The van der Waals surface area contributed by atoms with Gasteiger partial charge in [0.2, 0.25) is 0 Å². The van der Waals surface area contributed by atoms with Crippen molar-refractivity contribution in [1.29, 1.82) is 0 Å². The molecule has 0 aromatic heterocycles.